The van der Waals surface area contributed by atoms with E-state index in [4.69, 9.17) is 43.4 Å². The Morgan fingerprint density at radius 2 is 0.600 bits per heavy atom. The number of rotatable bonds is 8. The molecule has 0 saturated carbocycles. The average Bonchev–Trinajstić information content (AvgIpc) is 2.66. The summed E-state index contributed by atoms with van der Waals surface area (Å²) in [4.78, 5) is 39.0. The second-order valence-corrected chi connectivity index (χ2v) is 5.97. The van der Waals surface area contributed by atoms with E-state index in [1.54, 1.807) is 0 Å². The second kappa shape index (κ2) is 29.2. The summed E-state index contributed by atoms with van der Waals surface area (Å²) in [7, 11) is 0. The van der Waals surface area contributed by atoms with Crippen LogP contribution in [0, 0.1) is 0 Å². The molecule has 12 N–H and O–H groups in total. The maximum atomic E-state index is 9.76. The van der Waals surface area contributed by atoms with Gasteiger partial charge in [0, 0.05) is 23.0 Å². The van der Waals surface area contributed by atoms with E-state index < -0.39 is 48.0 Å². The van der Waals surface area contributed by atoms with Crippen LogP contribution in [0.15, 0.2) is 0 Å². The molecule has 0 rings (SSSR count). The van der Waals surface area contributed by atoms with Gasteiger partial charge in [-0.3, -0.25) is 19.2 Å². The fourth-order valence-corrected chi connectivity index (χ4v) is 0.937. The Kier molecular flexibility index (Phi) is 42.9. The van der Waals surface area contributed by atoms with E-state index in [1.165, 1.54) is 0 Å². The zero-order valence-electron chi connectivity index (χ0n) is 16.1. The summed E-state index contributed by atoms with van der Waals surface area (Å²) in [6.07, 6.45) is 0. The molecule has 0 aromatic heterocycles. The molecule has 30 heavy (non-hydrogen) atoms. The van der Waals surface area contributed by atoms with Gasteiger partial charge in [0.25, 0.3) is 0 Å². The number of carboxylic acid groups (broad SMARTS) is 4. The molecule has 0 amide bonds. The summed E-state index contributed by atoms with van der Waals surface area (Å²) in [5, 5.41) is 32.0. The van der Waals surface area contributed by atoms with E-state index in [0.29, 0.717) is 0 Å². The maximum absolute atomic E-state index is 9.76. The number of carbonyl (C=O) groups is 4. The molecule has 6 atom stereocenters. The van der Waals surface area contributed by atoms with Gasteiger partial charge in [0.2, 0.25) is 0 Å². The van der Waals surface area contributed by atoms with Gasteiger partial charge in [-0.15, -0.1) is 0 Å². The molecule has 0 radical (unpaired) electrons. The number of hydrogen-bond donors (Lipinski definition) is 12. The molecule has 0 fully saturated rings. The van der Waals surface area contributed by atoms with E-state index in [0.717, 1.165) is 0 Å². The van der Waals surface area contributed by atoms with Crippen molar-refractivity contribution in [2.75, 3.05) is 23.0 Å². The quantitative estimate of drug-likeness (QED) is 0.0880. The Balaban J connectivity index is -0.0000000626. The predicted molar refractivity (Wildman–Crippen MR) is 138 cm³/mol. The van der Waals surface area contributed by atoms with E-state index in [9.17, 15) is 19.2 Å². The van der Waals surface area contributed by atoms with Gasteiger partial charge in [0.15, 0.2) is 0 Å². The van der Waals surface area contributed by atoms with E-state index in [2.05, 4.69) is 50.5 Å². The third-order valence-corrected chi connectivity index (χ3v) is 3.63. The van der Waals surface area contributed by atoms with Gasteiger partial charge in [-0.25, -0.2) is 0 Å². The van der Waals surface area contributed by atoms with Gasteiger partial charge in [-0.2, -0.15) is 50.5 Å². The summed E-state index contributed by atoms with van der Waals surface area (Å²) in [6, 6.07) is -3.27. The van der Waals surface area contributed by atoms with E-state index >= 15 is 0 Å². The Morgan fingerprint density at radius 3 is 0.600 bits per heavy atom. The standard InChI is InChI=1S/4C3H7NO2S.2AsH3/c4*4-2(1-7)3(5)6;;/h4*2,7H,1,4H2,(H,5,6);2*1H3. The van der Waals surface area contributed by atoms with Gasteiger partial charge in [0.1, 0.15) is 24.2 Å². The second-order valence-electron chi connectivity index (χ2n) is 4.51. The van der Waals surface area contributed by atoms with Crippen LogP contribution >= 0.6 is 50.5 Å². The van der Waals surface area contributed by atoms with Crippen LogP contribution in [0.4, 0.5) is 0 Å². The third kappa shape index (κ3) is 35.7. The zero-order chi connectivity index (χ0) is 23.4. The van der Waals surface area contributed by atoms with Crippen molar-refractivity contribution < 1.29 is 39.6 Å². The van der Waals surface area contributed by atoms with Gasteiger partial charge < -0.3 is 43.4 Å². The first-order chi connectivity index (χ1) is 12.7. The fraction of sp³-hybridized carbons (Fsp3) is 0.667. The Morgan fingerprint density at radius 1 is 0.500 bits per heavy atom. The van der Waals surface area contributed by atoms with Crippen LogP contribution in [0.5, 0.6) is 0 Å². The Bertz CT molecular complexity index is 392. The monoisotopic (exact) mass is 640 g/mol. The molecule has 0 saturated heterocycles. The molecule has 0 heterocycles. The van der Waals surface area contributed by atoms with Crippen molar-refractivity contribution >= 4 is 110 Å². The molecule has 0 aliphatic rings. The first kappa shape index (κ1) is 44.0. The normalized spacial score (nSPS) is 12.5. The van der Waals surface area contributed by atoms with Gasteiger partial charge in [-0.05, 0) is 0 Å². The molecule has 184 valence electrons. The number of aliphatic carboxylic acids is 4. The van der Waals surface area contributed by atoms with Crippen molar-refractivity contribution in [3.8, 4) is 0 Å². The van der Waals surface area contributed by atoms with Crippen LogP contribution in [0.1, 0.15) is 0 Å². The minimum absolute atomic E-state index is 0. The van der Waals surface area contributed by atoms with Crippen LogP contribution in [0.3, 0.4) is 0 Å². The molecule has 0 spiro atoms. The van der Waals surface area contributed by atoms with Crippen molar-refractivity contribution in [3.63, 3.8) is 0 Å². The van der Waals surface area contributed by atoms with Crippen LogP contribution in [0.25, 0.3) is 0 Å². The van der Waals surface area contributed by atoms with E-state index in [-0.39, 0.29) is 58.9 Å². The van der Waals surface area contributed by atoms with Gasteiger partial charge >= 0.3 is 59.8 Å². The number of nitrogens with two attached hydrogens (primary N) is 4. The summed E-state index contributed by atoms with van der Waals surface area (Å²) < 4.78 is 0. The van der Waals surface area contributed by atoms with Crippen LogP contribution in [-0.2, 0) is 19.2 Å². The SMILES string of the molecule is NC(CS)C(=O)O.NC(CS)C(=O)O.NC(CS)C(=O)O.NC(CS)C(=O)O.[AsH3].[AsH3]. The molecule has 0 aromatic carbocycles. The summed E-state index contributed by atoms with van der Waals surface area (Å²) in [6.45, 7) is 0. The number of carboxylic acids is 4. The van der Waals surface area contributed by atoms with E-state index in [1.807, 2.05) is 0 Å². The molecule has 18 heteroatoms. The zero-order valence-corrected chi connectivity index (χ0v) is 25.6. The number of hydrogen-bond acceptors (Lipinski definition) is 12. The van der Waals surface area contributed by atoms with Crippen LogP contribution in [0.2, 0.25) is 0 Å². The average molecular weight is 641 g/mol. The topological polar surface area (TPSA) is 253 Å². The van der Waals surface area contributed by atoms with Crippen molar-refractivity contribution in [1.29, 1.82) is 0 Å². The summed E-state index contributed by atoms with van der Waals surface area (Å²) in [5.41, 5.74) is 19.8. The first-order valence-electron chi connectivity index (χ1n) is 7.10. The molecule has 6 unspecified atom stereocenters. The van der Waals surface area contributed by atoms with Gasteiger partial charge in [0.05, 0.1) is 0 Å². The molecule has 0 aliphatic heterocycles. The van der Waals surface area contributed by atoms with Crippen molar-refractivity contribution in [3.05, 3.63) is 0 Å². The Labute approximate surface area is 218 Å². The molecular formula is C12H34As2N4O8S4. The molecule has 12 nitrogen and oxygen atoms in total. The number of thiol groups is 4. The Hall–Kier alpha value is 0.237. The molecular weight excluding hydrogens is 606 g/mol. The predicted octanol–water partition coefficient (Wildman–Crippen LogP) is -5.06. The molecule has 0 aliphatic carbocycles. The fourth-order valence-electron chi connectivity index (χ4n) is 0.312. The van der Waals surface area contributed by atoms with Crippen LogP contribution < -0.4 is 22.9 Å². The molecule has 0 bridgehead atoms. The van der Waals surface area contributed by atoms with Crippen molar-refractivity contribution in [2.24, 2.45) is 22.9 Å². The summed E-state index contributed by atoms with van der Waals surface area (Å²) >= 11 is 14.6. The minimum atomic E-state index is -1.00. The molecule has 0 aromatic rings. The van der Waals surface area contributed by atoms with Crippen LogP contribution in [-0.4, -0.2) is 127 Å². The van der Waals surface area contributed by atoms with Crippen molar-refractivity contribution in [1.82, 2.24) is 0 Å². The first-order valence-corrected chi connectivity index (χ1v) is 9.63. The van der Waals surface area contributed by atoms with Gasteiger partial charge in [-0.1, -0.05) is 0 Å². The van der Waals surface area contributed by atoms with Crippen molar-refractivity contribution in [2.45, 2.75) is 24.2 Å². The summed E-state index contributed by atoms with van der Waals surface area (Å²) in [5.74, 6) is -3.26. The third-order valence-electron chi connectivity index (χ3n) is 2.06.